The maximum absolute atomic E-state index is 13.2. The molecule has 0 unspecified atom stereocenters. The van der Waals surface area contributed by atoms with Gasteiger partial charge in [0.25, 0.3) is 0 Å². The molecule has 1 aliphatic heterocycles. The molecule has 1 saturated heterocycles. The summed E-state index contributed by atoms with van der Waals surface area (Å²) in [7, 11) is 0. The topological polar surface area (TPSA) is 48.1 Å². The second-order valence-corrected chi connectivity index (χ2v) is 2.83. The van der Waals surface area contributed by atoms with Crippen molar-refractivity contribution in [2.75, 3.05) is 18.9 Å². The number of aromatic nitrogens is 1. The average molecular weight is 168 g/mol. The molecule has 0 amide bonds. The largest absolute Gasteiger partial charge is 0.396 e. The van der Waals surface area contributed by atoms with Crippen LogP contribution in [0.3, 0.4) is 0 Å². The summed E-state index contributed by atoms with van der Waals surface area (Å²) < 4.78 is 18.2. The van der Waals surface area contributed by atoms with Gasteiger partial charge < -0.3 is 10.5 Å². The van der Waals surface area contributed by atoms with E-state index in [0.29, 0.717) is 18.9 Å². The molecule has 2 N–H and O–H groups in total. The monoisotopic (exact) mass is 168 g/mol. The van der Waals surface area contributed by atoms with Crippen LogP contribution in [-0.4, -0.2) is 18.2 Å². The smallest absolute Gasteiger partial charge is 0.167 e. The Bertz CT molecular complexity index is 299. The van der Waals surface area contributed by atoms with Crippen molar-refractivity contribution in [1.29, 1.82) is 0 Å². The SMILES string of the molecule is Nc1ccnc(C2COC2)c1F. The number of anilines is 1. The molecule has 0 saturated carbocycles. The molecular weight excluding hydrogens is 159 g/mol. The molecule has 4 heteroatoms. The lowest BCUT2D eigenvalue weighted by Gasteiger charge is -2.25. The van der Waals surface area contributed by atoms with Gasteiger partial charge in [-0.1, -0.05) is 0 Å². The number of hydrogen-bond acceptors (Lipinski definition) is 3. The van der Waals surface area contributed by atoms with Gasteiger partial charge in [-0.3, -0.25) is 4.98 Å². The normalized spacial score (nSPS) is 17.4. The van der Waals surface area contributed by atoms with Gasteiger partial charge >= 0.3 is 0 Å². The van der Waals surface area contributed by atoms with Crippen molar-refractivity contribution in [2.24, 2.45) is 0 Å². The number of pyridine rings is 1. The van der Waals surface area contributed by atoms with Crippen molar-refractivity contribution in [3.63, 3.8) is 0 Å². The minimum atomic E-state index is -0.397. The Morgan fingerprint density at radius 2 is 2.33 bits per heavy atom. The van der Waals surface area contributed by atoms with Crippen LogP contribution in [0.2, 0.25) is 0 Å². The fourth-order valence-electron chi connectivity index (χ4n) is 1.15. The first-order chi connectivity index (χ1) is 5.79. The third kappa shape index (κ3) is 1.04. The molecule has 64 valence electrons. The molecule has 12 heavy (non-hydrogen) atoms. The van der Waals surface area contributed by atoms with E-state index in [9.17, 15) is 4.39 Å². The summed E-state index contributed by atoms with van der Waals surface area (Å²) >= 11 is 0. The first-order valence-corrected chi connectivity index (χ1v) is 3.76. The van der Waals surface area contributed by atoms with Gasteiger partial charge in [0, 0.05) is 6.20 Å². The van der Waals surface area contributed by atoms with Crippen LogP contribution in [0.4, 0.5) is 10.1 Å². The van der Waals surface area contributed by atoms with E-state index in [1.54, 1.807) is 0 Å². The van der Waals surface area contributed by atoms with Crippen LogP contribution >= 0.6 is 0 Å². The van der Waals surface area contributed by atoms with E-state index < -0.39 is 5.82 Å². The van der Waals surface area contributed by atoms with Crippen molar-refractivity contribution in [3.8, 4) is 0 Å². The van der Waals surface area contributed by atoms with Crippen molar-refractivity contribution in [2.45, 2.75) is 5.92 Å². The summed E-state index contributed by atoms with van der Waals surface area (Å²) in [5, 5.41) is 0. The van der Waals surface area contributed by atoms with E-state index in [1.807, 2.05) is 0 Å². The molecule has 0 aliphatic carbocycles. The number of rotatable bonds is 1. The zero-order valence-electron chi connectivity index (χ0n) is 6.46. The second kappa shape index (κ2) is 2.71. The van der Waals surface area contributed by atoms with E-state index in [0.717, 1.165) is 0 Å². The van der Waals surface area contributed by atoms with Crippen molar-refractivity contribution in [3.05, 3.63) is 23.8 Å². The summed E-state index contributed by atoms with van der Waals surface area (Å²) in [5.41, 5.74) is 5.97. The summed E-state index contributed by atoms with van der Waals surface area (Å²) in [4.78, 5) is 3.93. The Morgan fingerprint density at radius 1 is 1.58 bits per heavy atom. The van der Waals surface area contributed by atoms with Crippen LogP contribution < -0.4 is 5.73 Å². The van der Waals surface area contributed by atoms with Crippen LogP contribution in [-0.2, 0) is 4.74 Å². The maximum Gasteiger partial charge on any atom is 0.167 e. The van der Waals surface area contributed by atoms with Crippen LogP contribution in [0.5, 0.6) is 0 Å². The fourth-order valence-corrected chi connectivity index (χ4v) is 1.15. The fraction of sp³-hybridized carbons (Fsp3) is 0.375. The van der Waals surface area contributed by atoms with Crippen LogP contribution in [0.1, 0.15) is 11.6 Å². The molecule has 0 aromatic carbocycles. The highest BCUT2D eigenvalue weighted by Gasteiger charge is 2.25. The number of nitrogens with zero attached hydrogens (tertiary/aromatic N) is 1. The molecule has 2 rings (SSSR count). The van der Waals surface area contributed by atoms with E-state index in [2.05, 4.69) is 4.98 Å². The van der Waals surface area contributed by atoms with Gasteiger partial charge in [0.05, 0.1) is 30.5 Å². The number of nitrogen functional groups attached to an aromatic ring is 1. The number of halogens is 1. The predicted octanol–water partition coefficient (Wildman–Crippen LogP) is 0.917. The minimum absolute atomic E-state index is 0.0912. The van der Waals surface area contributed by atoms with Gasteiger partial charge in [-0.15, -0.1) is 0 Å². The highest BCUT2D eigenvalue weighted by atomic mass is 19.1. The Balaban J connectivity index is 2.36. The zero-order valence-corrected chi connectivity index (χ0v) is 6.46. The third-order valence-electron chi connectivity index (χ3n) is 1.97. The minimum Gasteiger partial charge on any atom is -0.396 e. The number of ether oxygens (including phenoxy) is 1. The molecule has 1 aromatic heterocycles. The molecule has 3 nitrogen and oxygen atoms in total. The van der Waals surface area contributed by atoms with Crippen LogP contribution in [0.25, 0.3) is 0 Å². The molecule has 1 aliphatic rings. The highest BCUT2D eigenvalue weighted by Crippen LogP contribution is 2.26. The summed E-state index contributed by atoms with van der Waals surface area (Å²) in [6.07, 6.45) is 1.52. The lowest BCUT2D eigenvalue weighted by molar-refractivity contribution is 0.00525. The van der Waals surface area contributed by atoms with Crippen molar-refractivity contribution in [1.82, 2.24) is 4.98 Å². The Hall–Kier alpha value is -1.16. The van der Waals surface area contributed by atoms with Gasteiger partial charge in [0.15, 0.2) is 5.82 Å². The lowest BCUT2D eigenvalue weighted by Crippen LogP contribution is -2.27. The average Bonchev–Trinajstić information content (AvgIpc) is 1.95. The molecule has 0 radical (unpaired) electrons. The van der Waals surface area contributed by atoms with Gasteiger partial charge in [-0.05, 0) is 6.07 Å². The zero-order chi connectivity index (χ0) is 8.55. The standard InChI is InChI=1S/C8H9FN2O/c9-7-6(10)1-2-11-8(7)5-3-12-4-5/h1-2,5H,3-4H2,(H2,10,11). The van der Waals surface area contributed by atoms with Crippen LogP contribution in [0.15, 0.2) is 12.3 Å². The van der Waals surface area contributed by atoms with E-state index >= 15 is 0 Å². The molecule has 0 spiro atoms. The third-order valence-corrected chi connectivity index (χ3v) is 1.97. The first kappa shape index (κ1) is 7.49. The van der Waals surface area contributed by atoms with Crippen molar-refractivity contribution < 1.29 is 9.13 Å². The predicted molar refractivity (Wildman–Crippen MR) is 42.2 cm³/mol. The summed E-state index contributed by atoms with van der Waals surface area (Å²) in [5.74, 6) is -0.306. The molecule has 1 fully saturated rings. The second-order valence-electron chi connectivity index (χ2n) is 2.83. The Kier molecular flexibility index (Phi) is 1.69. The number of nitrogens with two attached hydrogens (primary N) is 1. The highest BCUT2D eigenvalue weighted by molar-refractivity contribution is 5.40. The van der Waals surface area contributed by atoms with Gasteiger partial charge in [-0.2, -0.15) is 0 Å². The number of hydrogen-bond donors (Lipinski definition) is 1. The lowest BCUT2D eigenvalue weighted by atomic mass is 10.0. The van der Waals surface area contributed by atoms with E-state index in [1.165, 1.54) is 12.3 Å². The maximum atomic E-state index is 13.2. The molecule has 0 atom stereocenters. The van der Waals surface area contributed by atoms with Crippen LogP contribution in [0, 0.1) is 5.82 Å². The van der Waals surface area contributed by atoms with Crippen molar-refractivity contribution >= 4 is 5.69 Å². The summed E-state index contributed by atoms with van der Waals surface area (Å²) in [6, 6.07) is 1.46. The molecule has 0 bridgehead atoms. The molecular formula is C8H9FN2O. The van der Waals surface area contributed by atoms with Gasteiger partial charge in [-0.25, -0.2) is 4.39 Å². The first-order valence-electron chi connectivity index (χ1n) is 3.76. The molecule has 2 heterocycles. The molecule has 1 aromatic rings. The summed E-state index contributed by atoms with van der Waals surface area (Å²) in [6.45, 7) is 1.10. The van der Waals surface area contributed by atoms with Gasteiger partial charge in [0.1, 0.15) is 0 Å². The Labute approximate surface area is 69.4 Å². The van der Waals surface area contributed by atoms with E-state index in [4.69, 9.17) is 10.5 Å². The van der Waals surface area contributed by atoms with Gasteiger partial charge in [0.2, 0.25) is 0 Å². The van der Waals surface area contributed by atoms with E-state index in [-0.39, 0.29) is 11.6 Å². The Morgan fingerprint density at radius 3 is 2.92 bits per heavy atom. The quantitative estimate of drug-likeness (QED) is 0.678.